The molecule has 0 bridgehead atoms. The lowest BCUT2D eigenvalue weighted by Crippen LogP contribution is -2.23. The molecule has 11 heteroatoms. The van der Waals surface area contributed by atoms with Crippen LogP contribution >= 0.6 is 0 Å². The molecule has 0 N–H and O–H groups in total. The van der Waals surface area contributed by atoms with Crippen molar-refractivity contribution in [3.63, 3.8) is 0 Å². The van der Waals surface area contributed by atoms with Crippen molar-refractivity contribution in [2.24, 2.45) is 0 Å². The Morgan fingerprint density at radius 2 is 1.63 bits per heavy atom. The third kappa shape index (κ3) is 4.46. The van der Waals surface area contributed by atoms with Gasteiger partial charge in [-0.15, -0.1) is 0 Å². The van der Waals surface area contributed by atoms with Crippen LogP contribution in [0.25, 0.3) is 11.1 Å². The fourth-order valence-corrected chi connectivity index (χ4v) is 5.53. The monoisotopic (exact) mass is 453 g/mol. The summed E-state index contributed by atoms with van der Waals surface area (Å²) in [5, 5.41) is -1.02. The number of benzene rings is 1. The number of aromatic nitrogens is 1. The van der Waals surface area contributed by atoms with Gasteiger partial charge in [-0.25, -0.2) is 8.42 Å². The molecule has 3 rings (SSSR count). The summed E-state index contributed by atoms with van der Waals surface area (Å²) in [6, 6.07) is 4.18. The van der Waals surface area contributed by atoms with Gasteiger partial charge in [-0.3, -0.25) is 4.98 Å². The molecule has 0 aliphatic heterocycles. The largest absolute Gasteiger partial charge is 0.433 e. The molecule has 1 aromatic heterocycles. The minimum Gasteiger partial charge on any atom is -0.381 e. The van der Waals surface area contributed by atoms with Crippen LogP contribution in [0.4, 0.5) is 26.3 Å². The van der Waals surface area contributed by atoms with E-state index in [9.17, 15) is 34.8 Å². The van der Waals surface area contributed by atoms with Crippen molar-refractivity contribution in [3.05, 3.63) is 47.8 Å². The highest BCUT2D eigenvalue weighted by molar-refractivity contribution is 7.92. The molecule has 1 saturated carbocycles. The van der Waals surface area contributed by atoms with Crippen molar-refractivity contribution in [1.82, 2.24) is 4.98 Å². The number of halogens is 6. The second kappa shape index (κ2) is 7.84. The number of hydrogen-bond donors (Lipinski definition) is 0. The van der Waals surface area contributed by atoms with E-state index in [4.69, 9.17) is 4.74 Å². The molecular formula is C19H17F6NO3S. The first-order valence-electron chi connectivity index (χ1n) is 8.85. The first kappa shape index (κ1) is 22.5. The van der Waals surface area contributed by atoms with Gasteiger partial charge >= 0.3 is 12.4 Å². The van der Waals surface area contributed by atoms with Crippen molar-refractivity contribution >= 4 is 9.84 Å². The van der Waals surface area contributed by atoms with Crippen LogP contribution in [0.1, 0.15) is 30.5 Å². The maximum absolute atomic E-state index is 13.7. The molecule has 1 aromatic carbocycles. The molecule has 0 amide bonds. The maximum atomic E-state index is 13.7. The SMILES string of the molecule is CO[C@H]1CC[C@H](S(=O)(=O)c2ccc(-c3ccnc(C(F)(F)F)c3)cc2C(F)(F)F)C1. The average molecular weight is 453 g/mol. The van der Waals surface area contributed by atoms with Crippen molar-refractivity contribution in [2.75, 3.05) is 7.11 Å². The number of alkyl halides is 6. The fourth-order valence-electron chi connectivity index (χ4n) is 3.52. The zero-order valence-electron chi connectivity index (χ0n) is 15.6. The molecular weight excluding hydrogens is 436 g/mol. The highest BCUT2D eigenvalue weighted by Gasteiger charge is 2.42. The number of pyridine rings is 1. The second-order valence-electron chi connectivity index (χ2n) is 6.97. The quantitative estimate of drug-likeness (QED) is 0.603. The highest BCUT2D eigenvalue weighted by Crippen LogP contribution is 2.41. The molecule has 0 saturated heterocycles. The van der Waals surface area contributed by atoms with Crippen molar-refractivity contribution in [1.29, 1.82) is 0 Å². The van der Waals surface area contributed by atoms with Crippen LogP contribution in [0.5, 0.6) is 0 Å². The molecule has 2 atom stereocenters. The number of sulfone groups is 1. The van der Waals surface area contributed by atoms with Gasteiger partial charge in [0.15, 0.2) is 9.84 Å². The molecule has 1 heterocycles. The molecule has 30 heavy (non-hydrogen) atoms. The fraction of sp³-hybridized carbons (Fsp3) is 0.421. The third-order valence-electron chi connectivity index (χ3n) is 5.08. The number of nitrogens with zero attached hydrogens (tertiary/aromatic N) is 1. The summed E-state index contributed by atoms with van der Waals surface area (Å²) in [6.45, 7) is 0. The first-order valence-corrected chi connectivity index (χ1v) is 10.4. The van der Waals surface area contributed by atoms with E-state index in [0.29, 0.717) is 18.6 Å². The first-order chi connectivity index (χ1) is 13.8. The van der Waals surface area contributed by atoms with Gasteiger partial charge in [0.2, 0.25) is 0 Å². The summed E-state index contributed by atoms with van der Waals surface area (Å²) < 4.78 is 111. The van der Waals surface area contributed by atoms with Gasteiger partial charge in [0, 0.05) is 13.3 Å². The molecule has 0 unspecified atom stereocenters. The Morgan fingerprint density at radius 3 is 2.20 bits per heavy atom. The van der Waals surface area contributed by atoms with Gasteiger partial charge in [0.05, 0.1) is 21.8 Å². The minimum absolute atomic E-state index is 0.0805. The van der Waals surface area contributed by atoms with Crippen LogP contribution in [0, 0.1) is 0 Å². The summed E-state index contributed by atoms with van der Waals surface area (Å²) in [4.78, 5) is 2.29. The van der Waals surface area contributed by atoms with E-state index < -0.39 is 43.6 Å². The van der Waals surface area contributed by atoms with E-state index >= 15 is 0 Å². The lowest BCUT2D eigenvalue weighted by molar-refractivity contribution is -0.141. The smallest absolute Gasteiger partial charge is 0.381 e. The summed E-state index contributed by atoms with van der Waals surface area (Å²) in [6.07, 6.45) is -8.65. The summed E-state index contributed by atoms with van der Waals surface area (Å²) in [5.41, 5.74) is -3.03. The van der Waals surface area contributed by atoms with Gasteiger partial charge in [-0.2, -0.15) is 26.3 Å². The van der Waals surface area contributed by atoms with Crippen LogP contribution in [0.2, 0.25) is 0 Å². The van der Waals surface area contributed by atoms with Crippen molar-refractivity contribution in [2.45, 2.75) is 47.9 Å². The summed E-state index contributed by atoms with van der Waals surface area (Å²) >= 11 is 0. The Morgan fingerprint density at radius 1 is 0.967 bits per heavy atom. The van der Waals surface area contributed by atoms with Gasteiger partial charge < -0.3 is 4.74 Å². The Labute approximate surface area is 168 Å². The summed E-state index contributed by atoms with van der Waals surface area (Å²) in [5.74, 6) is 0. The highest BCUT2D eigenvalue weighted by atomic mass is 32.2. The summed E-state index contributed by atoms with van der Waals surface area (Å²) in [7, 11) is -2.92. The lowest BCUT2D eigenvalue weighted by atomic mass is 10.0. The molecule has 164 valence electrons. The number of rotatable bonds is 4. The topological polar surface area (TPSA) is 56.3 Å². The van der Waals surface area contributed by atoms with E-state index in [2.05, 4.69) is 4.98 Å². The van der Waals surface area contributed by atoms with E-state index in [1.54, 1.807) is 0 Å². The van der Waals surface area contributed by atoms with Crippen LogP contribution in [-0.2, 0) is 26.9 Å². The molecule has 0 radical (unpaired) electrons. The van der Waals surface area contributed by atoms with Crippen molar-refractivity contribution < 1.29 is 39.5 Å². The molecule has 1 fully saturated rings. The Balaban J connectivity index is 2.08. The van der Waals surface area contributed by atoms with Crippen LogP contribution in [0.15, 0.2) is 41.4 Å². The molecule has 1 aliphatic rings. The molecule has 2 aromatic rings. The molecule has 4 nitrogen and oxygen atoms in total. The predicted octanol–water partition coefficient (Wildman–Crippen LogP) is 5.13. The Bertz CT molecular complexity index is 1030. The zero-order chi connectivity index (χ0) is 22.3. The van der Waals surface area contributed by atoms with E-state index in [1.165, 1.54) is 7.11 Å². The predicted molar refractivity (Wildman–Crippen MR) is 95.3 cm³/mol. The normalized spacial score (nSPS) is 20.5. The standard InChI is InChI=1S/C19H17F6NO3S/c1-29-13-3-4-14(10-13)30(27,28)16-5-2-11(8-15(16)18(20,21)22)12-6-7-26-17(9-12)19(23,24)25/h2,5-9,13-14H,3-4,10H2,1H3/t13-,14-/m0/s1. The number of methoxy groups -OCH3 is 1. The van der Waals surface area contributed by atoms with E-state index in [-0.39, 0.29) is 30.1 Å². The Kier molecular flexibility index (Phi) is 5.89. The zero-order valence-corrected chi connectivity index (χ0v) is 16.4. The van der Waals surface area contributed by atoms with Crippen molar-refractivity contribution in [3.8, 4) is 11.1 Å². The maximum Gasteiger partial charge on any atom is 0.433 e. The van der Waals surface area contributed by atoms with Crippen LogP contribution in [0.3, 0.4) is 0 Å². The second-order valence-corrected chi connectivity index (χ2v) is 9.17. The third-order valence-corrected chi connectivity index (χ3v) is 7.36. The molecule has 1 aliphatic carbocycles. The van der Waals surface area contributed by atoms with E-state index in [1.807, 2.05) is 0 Å². The lowest BCUT2D eigenvalue weighted by Gasteiger charge is -2.18. The Hall–Kier alpha value is -2.14. The number of hydrogen-bond acceptors (Lipinski definition) is 4. The average Bonchev–Trinajstić information content (AvgIpc) is 3.16. The number of ether oxygens (including phenoxy) is 1. The van der Waals surface area contributed by atoms with Gasteiger partial charge in [-0.05, 0) is 54.7 Å². The minimum atomic E-state index is -5.02. The van der Waals surface area contributed by atoms with Gasteiger partial charge in [0.1, 0.15) is 5.69 Å². The van der Waals surface area contributed by atoms with E-state index in [0.717, 1.165) is 24.4 Å². The molecule has 0 spiro atoms. The van der Waals surface area contributed by atoms with Crippen LogP contribution < -0.4 is 0 Å². The van der Waals surface area contributed by atoms with Gasteiger partial charge in [-0.1, -0.05) is 6.07 Å². The van der Waals surface area contributed by atoms with Crippen LogP contribution in [-0.4, -0.2) is 31.9 Å². The van der Waals surface area contributed by atoms with Gasteiger partial charge in [0.25, 0.3) is 0 Å².